The fraction of sp³-hybridized carbons (Fsp3) is 0.273. The maximum Gasteiger partial charge on any atom is 0.417 e. The summed E-state index contributed by atoms with van der Waals surface area (Å²) in [6, 6.07) is 0.248. The summed E-state index contributed by atoms with van der Waals surface area (Å²) in [5.74, 6) is -3.36. The van der Waals surface area contributed by atoms with Crippen molar-refractivity contribution in [2.24, 2.45) is 0 Å². The second-order valence-electron chi connectivity index (χ2n) is 4.33. The van der Waals surface area contributed by atoms with Crippen LogP contribution in [0, 0.1) is 5.82 Å². The number of halogens is 1. The van der Waals surface area contributed by atoms with Crippen molar-refractivity contribution in [3.8, 4) is 0 Å². The number of aromatic nitrogens is 1. The van der Waals surface area contributed by atoms with Gasteiger partial charge in [-0.1, -0.05) is 0 Å². The number of fused-ring (bicyclic) bond motifs is 1. The van der Waals surface area contributed by atoms with Crippen molar-refractivity contribution < 1.29 is 27.1 Å². The highest BCUT2D eigenvalue weighted by atomic mass is 32.2. The Bertz CT molecular complexity index is 868. The van der Waals surface area contributed by atoms with E-state index in [1.54, 1.807) is 0 Å². The summed E-state index contributed by atoms with van der Waals surface area (Å²) in [7, 11) is -3.38. The zero-order valence-electron chi connectivity index (χ0n) is 11.0. The number of hydrogen-bond acceptors (Lipinski definition) is 5. The summed E-state index contributed by atoms with van der Waals surface area (Å²) in [6.45, 7) is 1.15. The largest absolute Gasteiger partial charge is 0.480 e. The molecule has 0 aliphatic carbocycles. The van der Waals surface area contributed by atoms with Crippen molar-refractivity contribution in [1.82, 2.24) is 9.29 Å². The van der Waals surface area contributed by atoms with Gasteiger partial charge in [0.05, 0.1) is 5.52 Å². The number of aliphatic carboxylic acids is 1. The summed E-state index contributed by atoms with van der Waals surface area (Å²) in [5, 5.41) is 8.84. The van der Waals surface area contributed by atoms with E-state index in [4.69, 9.17) is 5.11 Å². The van der Waals surface area contributed by atoms with Crippen molar-refractivity contribution in [1.29, 1.82) is 0 Å². The van der Waals surface area contributed by atoms with E-state index >= 15 is 0 Å². The van der Waals surface area contributed by atoms with Crippen LogP contribution in [0.5, 0.6) is 0 Å². The summed E-state index contributed by atoms with van der Waals surface area (Å²) in [4.78, 5) is 23.3. The number of carboxylic acids is 1. The molecular formula is C11H11FN2O6S. The molecule has 0 amide bonds. The Morgan fingerprint density at radius 1 is 1.48 bits per heavy atom. The highest BCUT2D eigenvalue weighted by Crippen LogP contribution is 2.24. The molecule has 0 fully saturated rings. The van der Waals surface area contributed by atoms with Gasteiger partial charge in [0.2, 0.25) is 10.0 Å². The van der Waals surface area contributed by atoms with E-state index in [-0.39, 0.29) is 11.1 Å². The number of carbonyl (C=O) groups is 1. The number of aromatic amines is 1. The van der Waals surface area contributed by atoms with E-state index in [0.717, 1.165) is 26.1 Å². The maximum atomic E-state index is 13.9. The Balaban J connectivity index is 2.61. The number of carboxylic acid groups (broad SMARTS) is 1. The van der Waals surface area contributed by atoms with Crippen LogP contribution in [0.15, 0.2) is 26.2 Å². The van der Waals surface area contributed by atoms with E-state index in [9.17, 15) is 22.4 Å². The first-order valence-electron chi connectivity index (χ1n) is 5.68. The van der Waals surface area contributed by atoms with Crippen LogP contribution in [0.4, 0.5) is 4.39 Å². The molecule has 1 aromatic carbocycles. The van der Waals surface area contributed by atoms with E-state index in [1.807, 2.05) is 0 Å². The van der Waals surface area contributed by atoms with Crippen molar-refractivity contribution in [2.45, 2.75) is 17.9 Å². The van der Waals surface area contributed by atoms with Gasteiger partial charge in [-0.05, 0) is 6.92 Å². The molecule has 10 heteroatoms. The van der Waals surface area contributed by atoms with Crippen LogP contribution in [0.1, 0.15) is 6.92 Å². The van der Waals surface area contributed by atoms with E-state index in [2.05, 4.69) is 9.40 Å². The lowest BCUT2D eigenvalue weighted by molar-refractivity contribution is -0.140. The van der Waals surface area contributed by atoms with Crippen molar-refractivity contribution in [3.05, 3.63) is 28.5 Å². The quantitative estimate of drug-likeness (QED) is 0.839. The van der Waals surface area contributed by atoms with Crippen LogP contribution < -0.4 is 5.76 Å². The smallest absolute Gasteiger partial charge is 0.417 e. The molecule has 21 heavy (non-hydrogen) atoms. The molecule has 1 unspecified atom stereocenters. The fourth-order valence-corrected chi connectivity index (χ4v) is 3.05. The molecule has 0 aliphatic heterocycles. The number of H-pyrrole nitrogens is 1. The number of benzene rings is 1. The number of hydrogen-bond donors (Lipinski definition) is 2. The van der Waals surface area contributed by atoms with Gasteiger partial charge in [-0.25, -0.2) is 17.6 Å². The zero-order valence-corrected chi connectivity index (χ0v) is 11.8. The molecule has 1 heterocycles. The van der Waals surface area contributed by atoms with Gasteiger partial charge in [-0.3, -0.25) is 9.78 Å². The highest BCUT2D eigenvalue weighted by molar-refractivity contribution is 7.89. The number of nitrogens with one attached hydrogen (secondary N) is 1. The Kier molecular flexibility index (Phi) is 3.59. The lowest BCUT2D eigenvalue weighted by Crippen LogP contribution is -2.40. The van der Waals surface area contributed by atoms with Crippen LogP contribution in [0.2, 0.25) is 0 Å². The van der Waals surface area contributed by atoms with Crippen LogP contribution in [-0.4, -0.2) is 41.9 Å². The third-order valence-corrected chi connectivity index (χ3v) is 4.98. The fourth-order valence-electron chi connectivity index (χ4n) is 1.67. The van der Waals surface area contributed by atoms with Crippen LogP contribution in [-0.2, 0) is 14.8 Å². The van der Waals surface area contributed by atoms with Crippen molar-refractivity contribution in [3.63, 3.8) is 0 Å². The predicted octanol–water partition coefficient (Wildman–Crippen LogP) is 0.354. The zero-order chi connectivity index (χ0) is 15.9. The molecule has 2 rings (SSSR count). The minimum atomic E-state index is -4.39. The average Bonchev–Trinajstić information content (AvgIpc) is 2.74. The van der Waals surface area contributed by atoms with Crippen LogP contribution in [0.3, 0.4) is 0 Å². The summed E-state index contributed by atoms with van der Waals surface area (Å²) < 4.78 is 43.6. The molecule has 2 aromatic rings. The topological polar surface area (TPSA) is 121 Å². The van der Waals surface area contributed by atoms with Gasteiger partial charge < -0.3 is 9.52 Å². The third-order valence-electron chi connectivity index (χ3n) is 3.03. The number of nitrogens with zero attached hydrogens (tertiary/aromatic N) is 1. The average molecular weight is 318 g/mol. The third kappa shape index (κ3) is 2.54. The van der Waals surface area contributed by atoms with Crippen molar-refractivity contribution in [2.75, 3.05) is 7.05 Å². The van der Waals surface area contributed by atoms with Gasteiger partial charge in [-0.2, -0.15) is 4.31 Å². The number of sulfonamides is 1. The van der Waals surface area contributed by atoms with E-state index in [0.29, 0.717) is 4.31 Å². The normalized spacial score (nSPS) is 13.7. The second-order valence-corrected chi connectivity index (χ2v) is 6.29. The molecule has 0 bridgehead atoms. The van der Waals surface area contributed by atoms with E-state index < -0.39 is 38.5 Å². The van der Waals surface area contributed by atoms with Gasteiger partial charge in [0, 0.05) is 19.2 Å². The van der Waals surface area contributed by atoms with E-state index in [1.165, 1.54) is 0 Å². The lowest BCUT2D eigenvalue weighted by atomic mass is 10.3. The van der Waals surface area contributed by atoms with Gasteiger partial charge in [0.25, 0.3) is 0 Å². The number of rotatable bonds is 4. The predicted molar refractivity (Wildman–Crippen MR) is 68.8 cm³/mol. The summed E-state index contributed by atoms with van der Waals surface area (Å²) in [6.07, 6.45) is 0. The molecule has 2 N–H and O–H groups in total. The standard InChI is InChI=1S/C11H11FN2O6S/c1-5(10(15)16)14(2)21(18,19)9-4-8-7(3-6(9)12)13-11(17)20-8/h3-5H,1-2H3,(H,13,17)(H,15,16). The number of likely N-dealkylation sites (N-methyl/N-ethyl adjacent to an activating group) is 1. The molecule has 114 valence electrons. The summed E-state index contributed by atoms with van der Waals surface area (Å²) in [5.41, 5.74) is -0.137. The van der Waals surface area contributed by atoms with Gasteiger partial charge in [0.1, 0.15) is 16.8 Å². The van der Waals surface area contributed by atoms with Crippen LogP contribution >= 0.6 is 0 Å². The van der Waals surface area contributed by atoms with Crippen molar-refractivity contribution >= 4 is 27.1 Å². The Labute approximate surface area is 117 Å². The minimum Gasteiger partial charge on any atom is -0.480 e. The van der Waals surface area contributed by atoms with Gasteiger partial charge in [-0.15, -0.1) is 0 Å². The summed E-state index contributed by atoms with van der Waals surface area (Å²) >= 11 is 0. The molecule has 0 aliphatic rings. The Morgan fingerprint density at radius 3 is 2.67 bits per heavy atom. The minimum absolute atomic E-state index is 0.00499. The van der Waals surface area contributed by atoms with Gasteiger partial charge in [0.15, 0.2) is 5.58 Å². The molecule has 0 spiro atoms. The number of oxazole rings is 1. The molecule has 0 saturated carbocycles. The molecule has 0 radical (unpaired) electrons. The maximum absolute atomic E-state index is 13.9. The molecule has 1 atom stereocenters. The first kappa shape index (κ1) is 15.2. The monoisotopic (exact) mass is 318 g/mol. The second kappa shape index (κ2) is 4.97. The van der Waals surface area contributed by atoms with Gasteiger partial charge >= 0.3 is 11.7 Å². The molecule has 0 saturated heterocycles. The first-order chi connectivity index (χ1) is 9.64. The SMILES string of the molecule is CC(C(=O)O)N(C)S(=O)(=O)c1cc2oc(=O)[nH]c2cc1F. The Hall–Kier alpha value is -2.20. The highest BCUT2D eigenvalue weighted by Gasteiger charge is 2.32. The molecule has 8 nitrogen and oxygen atoms in total. The lowest BCUT2D eigenvalue weighted by Gasteiger charge is -2.21. The molecule has 1 aromatic heterocycles. The van der Waals surface area contributed by atoms with Crippen LogP contribution in [0.25, 0.3) is 11.1 Å². The Morgan fingerprint density at radius 2 is 2.10 bits per heavy atom. The first-order valence-corrected chi connectivity index (χ1v) is 7.12. The molecular weight excluding hydrogens is 307 g/mol.